The molecule has 3 N–H and O–H groups in total. The van der Waals surface area contributed by atoms with Crippen LogP contribution in [-0.4, -0.2) is 17.5 Å². The van der Waals surface area contributed by atoms with Crippen LogP contribution < -0.4 is 15.8 Å². The molecule has 2 aromatic rings. The molecule has 6 heteroatoms. The third-order valence-corrected chi connectivity index (χ3v) is 3.22. The van der Waals surface area contributed by atoms with Gasteiger partial charge in [-0.3, -0.25) is 4.79 Å². The minimum Gasteiger partial charge on any atom is -0.493 e. The summed E-state index contributed by atoms with van der Waals surface area (Å²) in [6, 6.07) is 8.60. The van der Waals surface area contributed by atoms with E-state index >= 15 is 0 Å². The van der Waals surface area contributed by atoms with Crippen LogP contribution in [0.5, 0.6) is 5.75 Å². The normalized spacial score (nSPS) is 10.1. The number of nitrogens with zero attached hydrogens (tertiary/aromatic N) is 1. The van der Waals surface area contributed by atoms with Crippen molar-refractivity contribution in [3.63, 3.8) is 0 Å². The summed E-state index contributed by atoms with van der Waals surface area (Å²) in [6.07, 6.45) is 1.63. The van der Waals surface area contributed by atoms with Gasteiger partial charge < -0.3 is 15.8 Å². The van der Waals surface area contributed by atoms with Crippen molar-refractivity contribution in [3.8, 4) is 5.75 Å². The van der Waals surface area contributed by atoms with Gasteiger partial charge in [-0.25, -0.2) is 4.98 Å². The predicted molar refractivity (Wildman–Crippen MR) is 81.9 cm³/mol. The highest BCUT2D eigenvalue weighted by molar-refractivity contribution is 9.10. The van der Waals surface area contributed by atoms with Gasteiger partial charge in [-0.2, -0.15) is 0 Å². The second-order valence-corrected chi connectivity index (χ2v) is 4.70. The summed E-state index contributed by atoms with van der Waals surface area (Å²) in [7, 11) is 0. The Bertz CT molecular complexity index is 632. The lowest BCUT2D eigenvalue weighted by Crippen LogP contribution is -2.16. The summed E-state index contributed by atoms with van der Waals surface area (Å²) in [5, 5.41) is 2.76. The van der Waals surface area contributed by atoms with E-state index in [9.17, 15) is 4.79 Å². The maximum Gasteiger partial charge on any atom is 0.261 e. The molecule has 0 unspecified atom stereocenters. The molecule has 104 valence electrons. The number of nitrogen functional groups attached to an aromatic ring is 1. The van der Waals surface area contributed by atoms with Crippen LogP contribution in [0.25, 0.3) is 0 Å². The Kier molecular flexibility index (Phi) is 4.57. The predicted octanol–water partition coefficient (Wildman–Crippen LogP) is 3.08. The Morgan fingerprint density at radius 2 is 2.20 bits per heavy atom. The van der Waals surface area contributed by atoms with Crippen molar-refractivity contribution in [1.82, 2.24) is 4.98 Å². The van der Waals surface area contributed by atoms with Crippen molar-refractivity contribution in [2.24, 2.45) is 0 Å². The lowest BCUT2D eigenvalue weighted by Gasteiger charge is -2.13. The standard InChI is InChI=1S/C14H14BrN3O2/c1-2-20-11-7-3-5-9(16)12(11)14(19)18-10-6-4-8-17-13(10)15/h3-8H,2,16H2,1H3,(H,18,19). The first-order valence-electron chi connectivity index (χ1n) is 6.06. The number of ether oxygens (including phenoxy) is 1. The largest absolute Gasteiger partial charge is 0.493 e. The number of halogens is 1. The molecule has 0 radical (unpaired) electrons. The number of pyridine rings is 1. The summed E-state index contributed by atoms with van der Waals surface area (Å²) < 4.78 is 6.00. The summed E-state index contributed by atoms with van der Waals surface area (Å²) in [5.41, 5.74) is 7.14. The van der Waals surface area contributed by atoms with E-state index in [4.69, 9.17) is 10.5 Å². The van der Waals surface area contributed by atoms with E-state index in [-0.39, 0.29) is 5.91 Å². The lowest BCUT2D eigenvalue weighted by atomic mass is 10.1. The molecule has 5 nitrogen and oxygen atoms in total. The third kappa shape index (κ3) is 3.08. The first-order chi connectivity index (χ1) is 9.63. The molecular formula is C14H14BrN3O2. The van der Waals surface area contributed by atoms with E-state index in [0.717, 1.165) is 0 Å². The van der Waals surface area contributed by atoms with E-state index < -0.39 is 0 Å². The quantitative estimate of drug-likeness (QED) is 0.664. The van der Waals surface area contributed by atoms with Gasteiger partial charge in [0.1, 0.15) is 15.9 Å². The Hall–Kier alpha value is -2.08. The number of anilines is 2. The number of hydrogen-bond acceptors (Lipinski definition) is 4. The van der Waals surface area contributed by atoms with Crippen LogP contribution in [0, 0.1) is 0 Å². The SMILES string of the molecule is CCOc1cccc(N)c1C(=O)Nc1cccnc1Br. The van der Waals surface area contributed by atoms with Crippen molar-refractivity contribution in [2.75, 3.05) is 17.7 Å². The van der Waals surface area contributed by atoms with Gasteiger partial charge >= 0.3 is 0 Å². The number of carbonyl (C=O) groups is 1. The highest BCUT2D eigenvalue weighted by Crippen LogP contribution is 2.27. The first-order valence-corrected chi connectivity index (χ1v) is 6.86. The maximum absolute atomic E-state index is 12.4. The Balaban J connectivity index is 2.32. The highest BCUT2D eigenvalue weighted by atomic mass is 79.9. The van der Waals surface area contributed by atoms with Gasteiger partial charge in [0.05, 0.1) is 12.3 Å². The Morgan fingerprint density at radius 1 is 1.40 bits per heavy atom. The molecule has 2 rings (SSSR count). The van der Waals surface area contributed by atoms with E-state index in [1.807, 2.05) is 6.92 Å². The fourth-order valence-corrected chi connectivity index (χ4v) is 2.08. The molecule has 0 atom stereocenters. The number of nitrogens with one attached hydrogen (secondary N) is 1. The van der Waals surface area contributed by atoms with E-state index in [1.165, 1.54) is 0 Å². The number of benzene rings is 1. The van der Waals surface area contributed by atoms with Crippen molar-refractivity contribution in [1.29, 1.82) is 0 Å². The van der Waals surface area contributed by atoms with Gasteiger partial charge in [-0.05, 0) is 47.1 Å². The molecule has 1 amide bonds. The first kappa shape index (κ1) is 14.3. The Labute approximate surface area is 125 Å². The minimum atomic E-state index is -0.333. The average molecular weight is 336 g/mol. The zero-order chi connectivity index (χ0) is 14.5. The van der Waals surface area contributed by atoms with E-state index in [2.05, 4.69) is 26.2 Å². The van der Waals surface area contributed by atoms with Crippen LogP contribution in [0.1, 0.15) is 17.3 Å². The van der Waals surface area contributed by atoms with Crippen molar-refractivity contribution >= 4 is 33.2 Å². The van der Waals surface area contributed by atoms with Crippen LogP contribution >= 0.6 is 15.9 Å². The van der Waals surface area contributed by atoms with Crippen molar-refractivity contribution in [3.05, 3.63) is 46.7 Å². The molecule has 0 aliphatic heterocycles. The number of aromatic nitrogens is 1. The van der Waals surface area contributed by atoms with Crippen molar-refractivity contribution in [2.45, 2.75) is 6.92 Å². The highest BCUT2D eigenvalue weighted by Gasteiger charge is 2.17. The van der Waals surface area contributed by atoms with Gasteiger partial charge in [0, 0.05) is 11.9 Å². The van der Waals surface area contributed by atoms with Crippen LogP contribution in [0.2, 0.25) is 0 Å². The zero-order valence-electron chi connectivity index (χ0n) is 10.9. The van der Waals surface area contributed by atoms with Crippen LogP contribution in [0.4, 0.5) is 11.4 Å². The lowest BCUT2D eigenvalue weighted by molar-refractivity contribution is 0.102. The smallest absolute Gasteiger partial charge is 0.261 e. The fourth-order valence-electron chi connectivity index (χ4n) is 1.73. The average Bonchev–Trinajstić information content (AvgIpc) is 2.42. The second-order valence-electron chi connectivity index (χ2n) is 3.95. The van der Waals surface area contributed by atoms with Crippen LogP contribution in [0.15, 0.2) is 41.1 Å². The zero-order valence-corrected chi connectivity index (χ0v) is 12.5. The van der Waals surface area contributed by atoms with Gasteiger partial charge in [-0.1, -0.05) is 6.07 Å². The van der Waals surface area contributed by atoms with Gasteiger partial charge in [-0.15, -0.1) is 0 Å². The molecule has 0 saturated carbocycles. The maximum atomic E-state index is 12.4. The second kappa shape index (κ2) is 6.38. The van der Waals surface area contributed by atoms with Gasteiger partial charge in [0.25, 0.3) is 5.91 Å². The summed E-state index contributed by atoms with van der Waals surface area (Å²) in [4.78, 5) is 16.4. The monoisotopic (exact) mass is 335 g/mol. The molecule has 0 spiro atoms. The van der Waals surface area contributed by atoms with E-state index in [0.29, 0.717) is 33.9 Å². The molecular weight excluding hydrogens is 322 g/mol. The number of rotatable bonds is 4. The minimum absolute atomic E-state index is 0.324. The van der Waals surface area contributed by atoms with E-state index in [1.54, 1.807) is 36.5 Å². The molecule has 0 bridgehead atoms. The summed E-state index contributed by atoms with van der Waals surface area (Å²) in [6.45, 7) is 2.31. The molecule has 20 heavy (non-hydrogen) atoms. The molecule has 0 aliphatic carbocycles. The number of nitrogens with two attached hydrogens (primary N) is 1. The number of carbonyl (C=O) groups excluding carboxylic acids is 1. The fraction of sp³-hybridized carbons (Fsp3) is 0.143. The summed E-state index contributed by atoms with van der Waals surface area (Å²) >= 11 is 3.28. The topological polar surface area (TPSA) is 77.2 Å². The Morgan fingerprint density at radius 3 is 2.90 bits per heavy atom. The molecule has 1 heterocycles. The van der Waals surface area contributed by atoms with Crippen LogP contribution in [0.3, 0.4) is 0 Å². The summed E-state index contributed by atoms with van der Waals surface area (Å²) in [5.74, 6) is 0.130. The van der Waals surface area contributed by atoms with Gasteiger partial charge in [0.2, 0.25) is 0 Å². The molecule has 1 aromatic heterocycles. The van der Waals surface area contributed by atoms with Crippen LogP contribution in [-0.2, 0) is 0 Å². The third-order valence-electron chi connectivity index (χ3n) is 2.59. The van der Waals surface area contributed by atoms with Crippen molar-refractivity contribution < 1.29 is 9.53 Å². The number of hydrogen-bond donors (Lipinski definition) is 2. The number of amides is 1. The molecule has 0 aliphatic rings. The molecule has 1 aromatic carbocycles. The van der Waals surface area contributed by atoms with Gasteiger partial charge in [0.15, 0.2) is 0 Å². The molecule has 0 fully saturated rings. The molecule has 0 saturated heterocycles.